The maximum atomic E-state index is 5.40. The molecule has 0 spiro atoms. The molecule has 96 valence electrons. The minimum absolute atomic E-state index is 0.502. The zero-order valence-electron chi connectivity index (χ0n) is 11.2. The van der Waals surface area contributed by atoms with Crippen molar-refractivity contribution >= 4 is 0 Å². The first-order valence-corrected chi connectivity index (χ1v) is 6.19. The van der Waals surface area contributed by atoms with Gasteiger partial charge in [0.05, 0.1) is 14.2 Å². The van der Waals surface area contributed by atoms with E-state index in [1.807, 2.05) is 12.1 Å². The standard InChI is InChI=1S/C14H23NO2/c1-5-12(15-6-2)9-11-7-8-13(16-3)10-14(11)17-4/h7-8,10,12,15H,5-6,9H2,1-4H3. The zero-order valence-corrected chi connectivity index (χ0v) is 11.2. The third kappa shape index (κ3) is 3.93. The van der Waals surface area contributed by atoms with Gasteiger partial charge in [-0.15, -0.1) is 0 Å². The van der Waals surface area contributed by atoms with Crippen molar-refractivity contribution in [1.82, 2.24) is 5.32 Å². The minimum Gasteiger partial charge on any atom is -0.497 e. The summed E-state index contributed by atoms with van der Waals surface area (Å²) < 4.78 is 10.6. The summed E-state index contributed by atoms with van der Waals surface area (Å²) in [4.78, 5) is 0. The van der Waals surface area contributed by atoms with Gasteiger partial charge in [0, 0.05) is 12.1 Å². The van der Waals surface area contributed by atoms with Gasteiger partial charge in [0.2, 0.25) is 0 Å². The van der Waals surface area contributed by atoms with Crippen LogP contribution in [0.15, 0.2) is 18.2 Å². The van der Waals surface area contributed by atoms with Crippen molar-refractivity contribution in [3.05, 3.63) is 23.8 Å². The van der Waals surface area contributed by atoms with Gasteiger partial charge in [-0.05, 0) is 31.0 Å². The quantitative estimate of drug-likeness (QED) is 0.791. The van der Waals surface area contributed by atoms with E-state index in [-0.39, 0.29) is 0 Å². The molecular formula is C14H23NO2. The molecule has 0 aliphatic carbocycles. The largest absolute Gasteiger partial charge is 0.497 e. The molecule has 0 fully saturated rings. The maximum Gasteiger partial charge on any atom is 0.125 e. The molecule has 1 atom stereocenters. The Morgan fingerprint density at radius 2 is 1.94 bits per heavy atom. The van der Waals surface area contributed by atoms with Crippen molar-refractivity contribution in [2.75, 3.05) is 20.8 Å². The second kappa shape index (κ2) is 7.17. The Kier molecular flexibility index (Phi) is 5.84. The van der Waals surface area contributed by atoms with Crippen molar-refractivity contribution < 1.29 is 9.47 Å². The first-order chi connectivity index (χ1) is 8.24. The molecule has 1 rings (SSSR count). The van der Waals surface area contributed by atoms with Crippen LogP contribution >= 0.6 is 0 Å². The van der Waals surface area contributed by atoms with E-state index < -0.39 is 0 Å². The minimum atomic E-state index is 0.502. The molecule has 1 aromatic rings. The van der Waals surface area contributed by atoms with Crippen LogP contribution in [0.25, 0.3) is 0 Å². The predicted molar refractivity (Wildman–Crippen MR) is 71.0 cm³/mol. The molecule has 0 aromatic heterocycles. The van der Waals surface area contributed by atoms with Crippen LogP contribution in [0.3, 0.4) is 0 Å². The highest BCUT2D eigenvalue weighted by atomic mass is 16.5. The normalized spacial score (nSPS) is 12.2. The van der Waals surface area contributed by atoms with Gasteiger partial charge in [0.1, 0.15) is 11.5 Å². The molecule has 1 N–H and O–H groups in total. The van der Waals surface area contributed by atoms with E-state index in [2.05, 4.69) is 25.2 Å². The van der Waals surface area contributed by atoms with Crippen LogP contribution in [0, 0.1) is 0 Å². The Morgan fingerprint density at radius 1 is 1.18 bits per heavy atom. The molecule has 3 heteroatoms. The first kappa shape index (κ1) is 13.8. The van der Waals surface area contributed by atoms with Crippen LogP contribution in [-0.4, -0.2) is 26.8 Å². The Balaban J connectivity index is 2.81. The van der Waals surface area contributed by atoms with Crippen molar-refractivity contribution in [2.24, 2.45) is 0 Å². The molecule has 17 heavy (non-hydrogen) atoms. The fourth-order valence-electron chi connectivity index (χ4n) is 1.94. The molecule has 0 amide bonds. The van der Waals surface area contributed by atoms with Gasteiger partial charge in [-0.3, -0.25) is 0 Å². The van der Waals surface area contributed by atoms with E-state index in [0.717, 1.165) is 30.9 Å². The molecule has 0 saturated heterocycles. The molecule has 1 unspecified atom stereocenters. The first-order valence-electron chi connectivity index (χ1n) is 6.19. The van der Waals surface area contributed by atoms with Crippen LogP contribution in [-0.2, 0) is 6.42 Å². The number of hydrogen-bond donors (Lipinski definition) is 1. The average Bonchev–Trinajstić information content (AvgIpc) is 2.38. The number of ether oxygens (including phenoxy) is 2. The Morgan fingerprint density at radius 3 is 2.47 bits per heavy atom. The summed E-state index contributed by atoms with van der Waals surface area (Å²) in [6.45, 7) is 5.33. The smallest absolute Gasteiger partial charge is 0.125 e. The van der Waals surface area contributed by atoms with E-state index >= 15 is 0 Å². The lowest BCUT2D eigenvalue weighted by Crippen LogP contribution is -2.30. The second-order valence-electron chi connectivity index (χ2n) is 4.04. The second-order valence-corrected chi connectivity index (χ2v) is 4.04. The highest BCUT2D eigenvalue weighted by Gasteiger charge is 2.10. The predicted octanol–water partition coefficient (Wildman–Crippen LogP) is 2.63. The Labute approximate surface area is 104 Å². The van der Waals surface area contributed by atoms with Gasteiger partial charge in [-0.2, -0.15) is 0 Å². The molecule has 0 heterocycles. The fourth-order valence-corrected chi connectivity index (χ4v) is 1.94. The third-order valence-electron chi connectivity index (χ3n) is 2.95. The van der Waals surface area contributed by atoms with E-state index in [0.29, 0.717) is 6.04 Å². The van der Waals surface area contributed by atoms with E-state index in [4.69, 9.17) is 9.47 Å². The number of methoxy groups -OCH3 is 2. The molecule has 3 nitrogen and oxygen atoms in total. The van der Waals surface area contributed by atoms with Gasteiger partial charge < -0.3 is 14.8 Å². The van der Waals surface area contributed by atoms with E-state index in [9.17, 15) is 0 Å². The summed E-state index contributed by atoms with van der Waals surface area (Å²) >= 11 is 0. The van der Waals surface area contributed by atoms with E-state index in [1.54, 1.807) is 14.2 Å². The van der Waals surface area contributed by atoms with Gasteiger partial charge in [0.15, 0.2) is 0 Å². The lowest BCUT2D eigenvalue weighted by Gasteiger charge is -2.18. The molecular weight excluding hydrogens is 214 g/mol. The van der Waals surface area contributed by atoms with Crippen LogP contribution in [0.4, 0.5) is 0 Å². The molecule has 0 saturated carbocycles. The Hall–Kier alpha value is -1.22. The van der Waals surface area contributed by atoms with Crippen molar-refractivity contribution in [3.8, 4) is 11.5 Å². The van der Waals surface area contributed by atoms with Crippen molar-refractivity contribution in [3.63, 3.8) is 0 Å². The van der Waals surface area contributed by atoms with Gasteiger partial charge in [0.25, 0.3) is 0 Å². The molecule has 0 aliphatic rings. The highest BCUT2D eigenvalue weighted by Crippen LogP contribution is 2.25. The zero-order chi connectivity index (χ0) is 12.7. The van der Waals surface area contributed by atoms with Crippen LogP contribution in [0.1, 0.15) is 25.8 Å². The van der Waals surface area contributed by atoms with Gasteiger partial charge in [-0.1, -0.05) is 19.9 Å². The molecule has 0 aliphatic heterocycles. The number of benzene rings is 1. The summed E-state index contributed by atoms with van der Waals surface area (Å²) in [5.74, 6) is 1.74. The number of hydrogen-bond acceptors (Lipinski definition) is 3. The summed E-state index contributed by atoms with van der Waals surface area (Å²) in [7, 11) is 3.37. The summed E-state index contributed by atoms with van der Waals surface area (Å²) in [5.41, 5.74) is 1.22. The fraction of sp³-hybridized carbons (Fsp3) is 0.571. The van der Waals surface area contributed by atoms with Crippen LogP contribution in [0.5, 0.6) is 11.5 Å². The van der Waals surface area contributed by atoms with Gasteiger partial charge in [-0.25, -0.2) is 0 Å². The van der Waals surface area contributed by atoms with E-state index in [1.165, 1.54) is 5.56 Å². The topological polar surface area (TPSA) is 30.5 Å². The van der Waals surface area contributed by atoms with Crippen LogP contribution in [0.2, 0.25) is 0 Å². The molecule has 1 aromatic carbocycles. The number of nitrogens with one attached hydrogen (secondary N) is 1. The highest BCUT2D eigenvalue weighted by molar-refractivity contribution is 5.41. The monoisotopic (exact) mass is 237 g/mol. The number of rotatable bonds is 7. The Bertz CT molecular complexity index is 339. The lowest BCUT2D eigenvalue weighted by atomic mass is 10.0. The molecule has 0 bridgehead atoms. The maximum absolute atomic E-state index is 5.40. The molecule has 0 radical (unpaired) electrons. The van der Waals surface area contributed by atoms with Crippen LogP contribution < -0.4 is 14.8 Å². The summed E-state index contributed by atoms with van der Waals surface area (Å²) in [5, 5.41) is 3.47. The van der Waals surface area contributed by atoms with Gasteiger partial charge >= 0.3 is 0 Å². The third-order valence-corrected chi connectivity index (χ3v) is 2.95. The number of likely N-dealkylation sites (N-methyl/N-ethyl adjacent to an activating group) is 1. The lowest BCUT2D eigenvalue weighted by molar-refractivity contribution is 0.388. The van der Waals surface area contributed by atoms with Crippen molar-refractivity contribution in [1.29, 1.82) is 0 Å². The summed E-state index contributed by atoms with van der Waals surface area (Å²) in [6, 6.07) is 6.50. The van der Waals surface area contributed by atoms with Crippen molar-refractivity contribution in [2.45, 2.75) is 32.7 Å². The average molecular weight is 237 g/mol. The summed E-state index contributed by atoms with van der Waals surface area (Å²) in [6.07, 6.45) is 2.10. The SMILES string of the molecule is CCNC(CC)Cc1ccc(OC)cc1OC.